The second-order valence-corrected chi connectivity index (χ2v) is 3.37. The highest BCUT2D eigenvalue weighted by Gasteiger charge is 2.34. The van der Waals surface area contributed by atoms with Crippen LogP contribution in [0.3, 0.4) is 0 Å². The third-order valence-corrected chi connectivity index (χ3v) is 2.24. The molecule has 12 heavy (non-hydrogen) atoms. The van der Waals surface area contributed by atoms with Gasteiger partial charge in [0.1, 0.15) is 0 Å². The highest BCUT2D eigenvalue weighted by atomic mass is 19.2. The quantitative estimate of drug-likeness (QED) is 0.575. The van der Waals surface area contributed by atoms with E-state index in [2.05, 4.69) is 0 Å². The topological polar surface area (TPSA) is 9.23 Å². The first kappa shape index (κ1) is 7.74. The molecule has 1 aromatic rings. The molecule has 0 N–H and O–H groups in total. The largest absolute Gasteiger partial charge is 0.338 e. The van der Waals surface area contributed by atoms with Gasteiger partial charge in [0.05, 0.1) is 6.61 Å². The van der Waals surface area contributed by atoms with Crippen LogP contribution in [0.1, 0.15) is 23.6 Å². The van der Waals surface area contributed by atoms with Crippen molar-refractivity contribution in [3.63, 3.8) is 0 Å². The van der Waals surface area contributed by atoms with Gasteiger partial charge in [0, 0.05) is 5.56 Å². The summed E-state index contributed by atoms with van der Waals surface area (Å²) < 4.78 is 18.5. The molecule has 0 bridgehead atoms. The lowest BCUT2D eigenvalue weighted by Crippen LogP contribution is -2.12. The number of rotatable bonds is 0. The van der Waals surface area contributed by atoms with Gasteiger partial charge in [-0.1, -0.05) is 23.8 Å². The number of hydrogen-bond donors (Lipinski definition) is 0. The SMILES string of the molecule is Cc1ccc2c(c1)COC2(C)F. The van der Waals surface area contributed by atoms with Crippen molar-refractivity contribution < 1.29 is 9.13 Å². The van der Waals surface area contributed by atoms with Crippen molar-refractivity contribution in [2.75, 3.05) is 0 Å². The second kappa shape index (κ2) is 2.30. The van der Waals surface area contributed by atoms with Gasteiger partial charge in [0.25, 0.3) is 0 Å². The maximum Gasteiger partial charge on any atom is 0.233 e. The summed E-state index contributed by atoms with van der Waals surface area (Å²) in [5, 5.41) is 0. The fourth-order valence-electron chi connectivity index (χ4n) is 1.57. The molecule has 0 saturated carbocycles. The summed E-state index contributed by atoms with van der Waals surface area (Å²) in [7, 11) is 0. The van der Waals surface area contributed by atoms with E-state index in [0.29, 0.717) is 12.2 Å². The first-order chi connectivity index (χ1) is 5.59. The Kier molecular flexibility index (Phi) is 1.48. The molecular formula is C10H11FO. The van der Waals surface area contributed by atoms with Crippen LogP contribution in [-0.4, -0.2) is 0 Å². The molecule has 1 unspecified atom stereocenters. The average molecular weight is 166 g/mol. The Morgan fingerprint density at radius 2 is 2.25 bits per heavy atom. The molecule has 1 aromatic carbocycles. The fraction of sp³-hybridized carbons (Fsp3) is 0.400. The molecule has 1 nitrogen and oxygen atoms in total. The van der Waals surface area contributed by atoms with Crippen molar-refractivity contribution in [1.82, 2.24) is 0 Å². The zero-order valence-electron chi connectivity index (χ0n) is 7.23. The van der Waals surface area contributed by atoms with Crippen molar-refractivity contribution in [3.8, 4) is 0 Å². The van der Waals surface area contributed by atoms with E-state index in [-0.39, 0.29) is 0 Å². The zero-order valence-corrected chi connectivity index (χ0v) is 7.23. The molecule has 2 heteroatoms. The van der Waals surface area contributed by atoms with Crippen molar-refractivity contribution in [3.05, 3.63) is 34.9 Å². The summed E-state index contributed by atoms with van der Waals surface area (Å²) in [5.41, 5.74) is 2.79. The number of ether oxygens (including phenoxy) is 1. The van der Waals surface area contributed by atoms with Crippen LogP contribution in [0.5, 0.6) is 0 Å². The van der Waals surface area contributed by atoms with Crippen molar-refractivity contribution in [2.45, 2.75) is 26.3 Å². The first-order valence-corrected chi connectivity index (χ1v) is 4.02. The highest BCUT2D eigenvalue weighted by molar-refractivity contribution is 5.36. The second-order valence-electron chi connectivity index (χ2n) is 3.37. The lowest BCUT2D eigenvalue weighted by molar-refractivity contribution is -0.126. The molecule has 0 fully saturated rings. The van der Waals surface area contributed by atoms with E-state index in [4.69, 9.17) is 4.74 Å². The molecule has 0 amide bonds. The predicted octanol–water partition coefficient (Wildman–Crippen LogP) is 2.67. The Bertz CT molecular complexity index is 318. The molecule has 0 saturated heterocycles. The first-order valence-electron chi connectivity index (χ1n) is 4.02. The lowest BCUT2D eigenvalue weighted by atomic mass is 10.0. The van der Waals surface area contributed by atoms with E-state index in [1.165, 1.54) is 6.92 Å². The number of alkyl halides is 1. The number of aryl methyl sites for hydroxylation is 1. The number of halogens is 1. The lowest BCUT2D eigenvalue weighted by Gasteiger charge is -2.12. The van der Waals surface area contributed by atoms with Crippen LogP contribution in [0.4, 0.5) is 4.39 Å². The maximum absolute atomic E-state index is 13.5. The summed E-state index contributed by atoms with van der Waals surface area (Å²) in [6, 6.07) is 5.68. The number of fused-ring (bicyclic) bond motifs is 1. The van der Waals surface area contributed by atoms with E-state index in [9.17, 15) is 4.39 Å². The summed E-state index contributed by atoms with van der Waals surface area (Å²) >= 11 is 0. The van der Waals surface area contributed by atoms with E-state index in [1.54, 1.807) is 6.07 Å². The summed E-state index contributed by atoms with van der Waals surface area (Å²) in [5.74, 6) is -1.58. The molecule has 2 rings (SSSR count). The molecule has 1 aliphatic heterocycles. The van der Waals surface area contributed by atoms with Crippen LogP contribution in [0.15, 0.2) is 18.2 Å². The molecule has 1 aliphatic rings. The van der Waals surface area contributed by atoms with Gasteiger partial charge in [0.15, 0.2) is 0 Å². The van der Waals surface area contributed by atoms with Gasteiger partial charge in [0.2, 0.25) is 5.85 Å². The summed E-state index contributed by atoms with van der Waals surface area (Å²) in [6.45, 7) is 3.84. The van der Waals surface area contributed by atoms with Crippen LogP contribution in [-0.2, 0) is 17.2 Å². The maximum atomic E-state index is 13.5. The van der Waals surface area contributed by atoms with E-state index < -0.39 is 5.85 Å². The molecular weight excluding hydrogens is 155 g/mol. The average Bonchev–Trinajstić information content (AvgIpc) is 2.27. The van der Waals surface area contributed by atoms with Gasteiger partial charge in [-0.25, -0.2) is 4.39 Å². The zero-order chi connectivity index (χ0) is 8.77. The molecule has 64 valence electrons. The van der Waals surface area contributed by atoms with Gasteiger partial charge in [-0.3, -0.25) is 0 Å². The summed E-state index contributed by atoms with van der Waals surface area (Å²) in [6.07, 6.45) is 0. The van der Waals surface area contributed by atoms with E-state index in [0.717, 1.165) is 11.1 Å². The Hall–Kier alpha value is -0.890. The van der Waals surface area contributed by atoms with Crippen LogP contribution in [0.2, 0.25) is 0 Å². The molecule has 0 aromatic heterocycles. The van der Waals surface area contributed by atoms with E-state index >= 15 is 0 Å². The Labute approximate surface area is 71.2 Å². The van der Waals surface area contributed by atoms with Crippen molar-refractivity contribution >= 4 is 0 Å². The van der Waals surface area contributed by atoms with E-state index in [1.807, 2.05) is 19.1 Å². The standard InChI is InChI=1S/C10H11FO/c1-7-3-4-9-8(5-7)6-12-10(9,2)11/h3-5H,6H2,1-2H3. The normalized spacial score (nSPS) is 27.2. The summed E-state index contributed by atoms with van der Waals surface area (Å²) in [4.78, 5) is 0. The van der Waals surface area contributed by atoms with Gasteiger partial charge in [-0.05, 0) is 19.4 Å². The monoisotopic (exact) mass is 166 g/mol. The fourth-order valence-corrected chi connectivity index (χ4v) is 1.57. The molecule has 1 heterocycles. The molecule has 1 atom stereocenters. The molecule has 0 spiro atoms. The third kappa shape index (κ3) is 1.03. The number of hydrogen-bond acceptors (Lipinski definition) is 1. The minimum Gasteiger partial charge on any atom is -0.338 e. The Morgan fingerprint density at radius 1 is 1.50 bits per heavy atom. The minimum absolute atomic E-state index is 0.393. The van der Waals surface area contributed by atoms with Crippen molar-refractivity contribution in [1.29, 1.82) is 0 Å². The van der Waals surface area contributed by atoms with Crippen LogP contribution < -0.4 is 0 Å². The Morgan fingerprint density at radius 3 is 3.00 bits per heavy atom. The van der Waals surface area contributed by atoms with Gasteiger partial charge >= 0.3 is 0 Å². The van der Waals surface area contributed by atoms with Gasteiger partial charge in [-0.15, -0.1) is 0 Å². The third-order valence-electron chi connectivity index (χ3n) is 2.24. The van der Waals surface area contributed by atoms with Crippen LogP contribution in [0, 0.1) is 6.92 Å². The Balaban J connectivity index is 2.55. The predicted molar refractivity (Wildman–Crippen MR) is 44.4 cm³/mol. The number of benzene rings is 1. The van der Waals surface area contributed by atoms with Crippen LogP contribution >= 0.6 is 0 Å². The molecule has 0 radical (unpaired) electrons. The van der Waals surface area contributed by atoms with Crippen LogP contribution in [0.25, 0.3) is 0 Å². The smallest absolute Gasteiger partial charge is 0.233 e. The minimum atomic E-state index is -1.58. The van der Waals surface area contributed by atoms with Crippen molar-refractivity contribution in [2.24, 2.45) is 0 Å². The highest BCUT2D eigenvalue weighted by Crippen LogP contribution is 2.37. The van der Waals surface area contributed by atoms with Gasteiger partial charge in [-0.2, -0.15) is 0 Å². The van der Waals surface area contributed by atoms with Gasteiger partial charge < -0.3 is 4.74 Å². The molecule has 0 aliphatic carbocycles.